The Morgan fingerprint density at radius 1 is 0.903 bits per heavy atom. The summed E-state index contributed by atoms with van der Waals surface area (Å²) in [7, 11) is -4.16. The van der Waals surface area contributed by atoms with Gasteiger partial charge in [-0.3, -0.25) is 4.18 Å². The summed E-state index contributed by atoms with van der Waals surface area (Å²) in [5.41, 5.74) is 0.897. The molecule has 176 valence electrons. The Bertz CT molecular complexity index is 775. The summed E-state index contributed by atoms with van der Waals surface area (Å²) >= 11 is 0. The molecule has 0 aromatic heterocycles. The first-order valence-electron chi connectivity index (χ1n) is 12.0. The van der Waals surface area contributed by atoms with Crippen molar-refractivity contribution in [3.63, 3.8) is 0 Å². The number of benzene rings is 1. The molecule has 1 aromatic carbocycles. The van der Waals surface area contributed by atoms with Crippen molar-refractivity contribution in [1.29, 1.82) is 0 Å². The van der Waals surface area contributed by atoms with Gasteiger partial charge in [-0.2, -0.15) is 8.42 Å². The normalized spacial score (nSPS) is 27.9. The molecule has 1 aromatic rings. The van der Waals surface area contributed by atoms with E-state index in [4.69, 9.17) is 4.18 Å². The van der Waals surface area contributed by atoms with Gasteiger partial charge in [0, 0.05) is 6.42 Å². The van der Waals surface area contributed by atoms with Crippen molar-refractivity contribution < 1.29 is 21.4 Å². The van der Waals surface area contributed by atoms with Crippen molar-refractivity contribution in [2.24, 2.45) is 23.7 Å². The number of alkyl halides is 2. The van der Waals surface area contributed by atoms with Gasteiger partial charge in [-0.05, 0) is 81.3 Å². The molecule has 0 spiro atoms. The molecular formula is C25H38F2O3S. The van der Waals surface area contributed by atoms with Gasteiger partial charge in [0.05, 0.1) is 4.90 Å². The lowest BCUT2D eigenvalue weighted by molar-refractivity contribution is -0.0638. The Kier molecular flexibility index (Phi) is 8.53. The van der Waals surface area contributed by atoms with Crippen molar-refractivity contribution >= 4 is 10.1 Å². The summed E-state index contributed by atoms with van der Waals surface area (Å²) in [4.78, 5) is -0.0805. The van der Waals surface area contributed by atoms with Crippen LogP contribution in [0.3, 0.4) is 0 Å². The van der Waals surface area contributed by atoms with Gasteiger partial charge in [0.1, 0.15) is 6.61 Å². The van der Waals surface area contributed by atoms with E-state index in [9.17, 15) is 17.2 Å². The van der Waals surface area contributed by atoms with E-state index in [0.29, 0.717) is 5.92 Å². The van der Waals surface area contributed by atoms with Crippen molar-refractivity contribution in [2.75, 3.05) is 6.61 Å². The first kappa shape index (κ1) is 24.6. The summed E-state index contributed by atoms with van der Waals surface area (Å²) in [6, 6.07) is 6.03. The summed E-state index contributed by atoms with van der Waals surface area (Å²) in [6.45, 7) is 3.01. The number of hydrogen-bond donors (Lipinski definition) is 0. The average Bonchev–Trinajstić information content (AvgIpc) is 2.74. The van der Waals surface area contributed by atoms with Crippen LogP contribution in [0.1, 0.15) is 83.1 Å². The van der Waals surface area contributed by atoms with Crippen LogP contribution in [0.15, 0.2) is 29.2 Å². The quantitative estimate of drug-likeness (QED) is 0.371. The smallest absolute Gasteiger partial charge is 0.260 e. The van der Waals surface area contributed by atoms with E-state index in [1.54, 1.807) is 12.1 Å². The highest BCUT2D eigenvalue weighted by Crippen LogP contribution is 2.44. The molecule has 2 aliphatic carbocycles. The van der Waals surface area contributed by atoms with E-state index in [1.807, 2.05) is 6.92 Å². The first-order chi connectivity index (χ1) is 14.7. The molecule has 0 heterocycles. The van der Waals surface area contributed by atoms with Crippen molar-refractivity contribution in [1.82, 2.24) is 0 Å². The standard InChI is InChI=1S/C25H38F2O3S/c1-3-4-20-7-11-22(12-8-20)23-13-9-21(10-14-23)17-25(26,27)18-30-31(28,29)24-15-5-19(2)6-16-24/h5-6,15-16,20-23H,3-4,7-14,17-18H2,1-2H3. The third-order valence-electron chi connectivity index (χ3n) is 7.47. The largest absolute Gasteiger partial charge is 0.297 e. The first-order valence-corrected chi connectivity index (χ1v) is 13.4. The molecule has 2 saturated carbocycles. The maximum absolute atomic E-state index is 14.5. The predicted octanol–water partition coefficient (Wildman–Crippen LogP) is 7.14. The molecule has 2 fully saturated rings. The van der Waals surface area contributed by atoms with Crippen LogP contribution in [0.5, 0.6) is 0 Å². The summed E-state index contributed by atoms with van der Waals surface area (Å²) in [6.07, 6.45) is 11.3. The van der Waals surface area contributed by atoms with Gasteiger partial charge >= 0.3 is 0 Å². The fourth-order valence-corrected chi connectivity index (χ4v) is 6.57. The molecule has 0 atom stereocenters. The number of aryl methyl sites for hydroxylation is 1. The monoisotopic (exact) mass is 456 g/mol. The van der Waals surface area contributed by atoms with Gasteiger partial charge in [0.25, 0.3) is 16.0 Å². The molecule has 0 unspecified atom stereocenters. The van der Waals surface area contributed by atoms with Crippen LogP contribution < -0.4 is 0 Å². The van der Waals surface area contributed by atoms with Crippen LogP contribution in [-0.2, 0) is 14.3 Å². The van der Waals surface area contributed by atoms with Crippen LogP contribution in [0.2, 0.25) is 0 Å². The molecule has 6 heteroatoms. The lowest BCUT2D eigenvalue weighted by atomic mass is 9.68. The highest BCUT2D eigenvalue weighted by molar-refractivity contribution is 7.86. The Hall–Kier alpha value is -1.01. The third kappa shape index (κ3) is 7.24. The van der Waals surface area contributed by atoms with E-state index in [0.717, 1.165) is 43.1 Å². The fraction of sp³-hybridized carbons (Fsp3) is 0.760. The Morgan fingerprint density at radius 2 is 1.42 bits per heavy atom. The van der Waals surface area contributed by atoms with Gasteiger partial charge in [-0.1, -0.05) is 50.3 Å². The molecule has 0 amide bonds. The number of hydrogen-bond acceptors (Lipinski definition) is 3. The number of halogens is 2. The van der Waals surface area contributed by atoms with E-state index < -0.39 is 22.6 Å². The van der Waals surface area contributed by atoms with Gasteiger partial charge in [-0.25, -0.2) is 8.78 Å². The average molecular weight is 457 g/mol. The zero-order chi connectivity index (χ0) is 22.5. The molecule has 31 heavy (non-hydrogen) atoms. The van der Waals surface area contributed by atoms with Gasteiger partial charge in [0.15, 0.2) is 0 Å². The molecule has 2 aliphatic rings. The van der Waals surface area contributed by atoms with E-state index in [-0.39, 0.29) is 17.2 Å². The zero-order valence-electron chi connectivity index (χ0n) is 19.0. The van der Waals surface area contributed by atoms with Gasteiger partial charge in [0.2, 0.25) is 0 Å². The lowest BCUT2D eigenvalue weighted by Gasteiger charge is -2.38. The predicted molar refractivity (Wildman–Crippen MR) is 120 cm³/mol. The summed E-state index contributed by atoms with van der Waals surface area (Å²) in [5, 5.41) is 0. The van der Waals surface area contributed by atoms with E-state index in [1.165, 1.54) is 50.7 Å². The second kappa shape index (κ2) is 10.7. The minimum Gasteiger partial charge on any atom is -0.260 e. The molecule has 0 radical (unpaired) electrons. The SMILES string of the molecule is CCCC1CCC(C2CCC(CC(F)(F)COS(=O)(=O)c3ccc(C)cc3)CC2)CC1. The molecule has 0 aliphatic heterocycles. The topological polar surface area (TPSA) is 43.4 Å². The maximum Gasteiger partial charge on any atom is 0.297 e. The van der Waals surface area contributed by atoms with Crippen LogP contribution in [0.25, 0.3) is 0 Å². The lowest BCUT2D eigenvalue weighted by Crippen LogP contribution is -2.31. The molecule has 0 N–H and O–H groups in total. The zero-order valence-corrected chi connectivity index (χ0v) is 19.8. The highest BCUT2D eigenvalue weighted by atomic mass is 32.2. The van der Waals surface area contributed by atoms with Crippen molar-refractivity contribution in [3.8, 4) is 0 Å². The number of rotatable bonds is 9. The van der Waals surface area contributed by atoms with Crippen LogP contribution in [0, 0.1) is 30.6 Å². The summed E-state index contributed by atoms with van der Waals surface area (Å²) < 4.78 is 58.1. The third-order valence-corrected chi connectivity index (χ3v) is 8.75. The minimum atomic E-state index is -4.16. The highest BCUT2D eigenvalue weighted by Gasteiger charge is 2.38. The molecular weight excluding hydrogens is 418 g/mol. The summed E-state index contributed by atoms with van der Waals surface area (Å²) in [5.74, 6) is -0.822. The maximum atomic E-state index is 14.5. The fourth-order valence-electron chi connectivity index (χ4n) is 5.64. The Balaban J connectivity index is 1.42. The van der Waals surface area contributed by atoms with Gasteiger partial charge < -0.3 is 0 Å². The Labute approximate surface area is 187 Å². The second-order valence-electron chi connectivity index (χ2n) is 9.94. The van der Waals surface area contributed by atoms with Crippen LogP contribution in [-0.4, -0.2) is 20.9 Å². The molecule has 3 nitrogen and oxygen atoms in total. The second-order valence-corrected chi connectivity index (χ2v) is 11.6. The van der Waals surface area contributed by atoms with Crippen molar-refractivity contribution in [3.05, 3.63) is 29.8 Å². The van der Waals surface area contributed by atoms with Gasteiger partial charge in [-0.15, -0.1) is 0 Å². The van der Waals surface area contributed by atoms with Crippen LogP contribution in [0.4, 0.5) is 8.78 Å². The molecule has 3 rings (SSSR count). The Morgan fingerprint density at radius 3 is 1.94 bits per heavy atom. The van der Waals surface area contributed by atoms with Crippen molar-refractivity contribution in [2.45, 2.75) is 95.3 Å². The molecule has 0 saturated heterocycles. The van der Waals surface area contributed by atoms with E-state index >= 15 is 0 Å². The minimum absolute atomic E-state index is 0.0478. The van der Waals surface area contributed by atoms with E-state index in [2.05, 4.69) is 6.92 Å². The van der Waals surface area contributed by atoms with Crippen LogP contribution >= 0.6 is 0 Å². The molecule has 0 bridgehead atoms.